The molecular weight excluding hydrogens is 478 g/mol. The lowest BCUT2D eigenvalue weighted by Gasteiger charge is -2.40. The Kier molecular flexibility index (Phi) is 6.61. The molecule has 1 aromatic rings. The van der Waals surface area contributed by atoms with Crippen LogP contribution in [0.15, 0.2) is 36.4 Å². The Labute approximate surface area is 225 Å². The summed E-state index contributed by atoms with van der Waals surface area (Å²) in [4.78, 5) is 43.9. The quantitative estimate of drug-likeness (QED) is 0.566. The highest BCUT2D eigenvalue weighted by molar-refractivity contribution is 6.03. The fourth-order valence-electron chi connectivity index (χ4n) is 7.95. The maximum Gasteiger partial charge on any atom is 0.246 e. The first-order chi connectivity index (χ1) is 18.3. The zero-order valence-electron chi connectivity index (χ0n) is 22.8. The van der Waals surface area contributed by atoms with Crippen LogP contribution in [0.2, 0.25) is 0 Å². The number of nitrogens with zero attached hydrogens (tertiary/aromatic N) is 1. The number of carbonyl (C=O) groups is 3. The lowest BCUT2D eigenvalue weighted by Crippen LogP contribution is -2.59. The van der Waals surface area contributed by atoms with E-state index < -0.39 is 29.6 Å². The largest absolute Gasteiger partial charge is 0.359 e. The van der Waals surface area contributed by atoms with Gasteiger partial charge in [-0.3, -0.25) is 14.4 Å². The van der Waals surface area contributed by atoms with Gasteiger partial charge in [0.15, 0.2) is 0 Å². The van der Waals surface area contributed by atoms with Crippen molar-refractivity contribution in [2.45, 2.75) is 102 Å². The van der Waals surface area contributed by atoms with E-state index >= 15 is 0 Å². The number of nitrogens with one attached hydrogen (secondary N) is 2. The van der Waals surface area contributed by atoms with E-state index in [9.17, 15) is 14.4 Å². The number of benzene rings is 1. The van der Waals surface area contributed by atoms with E-state index in [0.717, 1.165) is 50.5 Å². The van der Waals surface area contributed by atoms with Crippen molar-refractivity contribution < 1.29 is 19.1 Å². The van der Waals surface area contributed by atoms with Crippen LogP contribution in [0, 0.1) is 30.6 Å². The van der Waals surface area contributed by atoms with Crippen molar-refractivity contribution >= 4 is 23.4 Å². The van der Waals surface area contributed by atoms with Gasteiger partial charge in [0.05, 0.1) is 17.9 Å². The number of hydrogen-bond acceptors (Lipinski definition) is 4. The molecule has 1 spiro atoms. The van der Waals surface area contributed by atoms with Crippen LogP contribution in [-0.4, -0.2) is 52.5 Å². The van der Waals surface area contributed by atoms with Crippen molar-refractivity contribution in [1.82, 2.24) is 10.2 Å². The molecule has 4 fully saturated rings. The smallest absolute Gasteiger partial charge is 0.246 e. The van der Waals surface area contributed by atoms with Gasteiger partial charge in [0.2, 0.25) is 17.7 Å². The minimum atomic E-state index is -1.10. The van der Waals surface area contributed by atoms with Crippen LogP contribution >= 0.6 is 0 Å². The molecule has 3 heterocycles. The highest BCUT2D eigenvalue weighted by Crippen LogP contribution is 2.56. The predicted molar refractivity (Wildman–Crippen MR) is 145 cm³/mol. The van der Waals surface area contributed by atoms with Gasteiger partial charge in [-0.15, -0.1) is 0 Å². The molecule has 38 heavy (non-hydrogen) atoms. The maximum atomic E-state index is 14.3. The highest BCUT2D eigenvalue weighted by Gasteiger charge is 2.73. The Hall–Kier alpha value is -2.67. The Morgan fingerprint density at radius 2 is 1.82 bits per heavy atom. The van der Waals surface area contributed by atoms with E-state index in [4.69, 9.17) is 4.74 Å². The van der Waals surface area contributed by atoms with Crippen molar-refractivity contribution in [3.8, 4) is 0 Å². The second-order valence-electron chi connectivity index (χ2n) is 12.5. The third kappa shape index (κ3) is 4.09. The van der Waals surface area contributed by atoms with E-state index in [1.807, 2.05) is 48.2 Å². The highest BCUT2D eigenvalue weighted by atomic mass is 16.5. The van der Waals surface area contributed by atoms with Crippen LogP contribution in [0.3, 0.4) is 0 Å². The average Bonchev–Trinajstić information content (AvgIpc) is 3.54. The summed E-state index contributed by atoms with van der Waals surface area (Å²) in [5.41, 5.74) is 0.661. The van der Waals surface area contributed by atoms with Crippen molar-refractivity contribution in [3.63, 3.8) is 0 Å². The first kappa shape index (κ1) is 25.6. The van der Waals surface area contributed by atoms with Crippen LogP contribution < -0.4 is 10.6 Å². The fraction of sp³-hybridized carbons (Fsp3) is 0.645. The Bertz CT molecular complexity index is 1140. The van der Waals surface area contributed by atoms with Crippen LogP contribution in [-0.2, 0) is 19.1 Å². The van der Waals surface area contributed by atoms with Gasteiger partial charge in [-0.25, -0.2) is 0 Å². The molecule has 2 saturated carbocycles. The number of ether oxygens (including phenoxy) is 1. The van der Waals surface area contributed by atoms with Crippen LogP contribution in [0.5, 0.6) is 0 Å². The van der Waals surface area contributed by atoms with E-state index in [0.29, 0.717) is 17.5 Å². The predicted octanol–water partition coefficient (Wildman–Crippen LogP) is 4.36. The summed E-state index contributed by atoms with van der Waals surface area (Å²) in [5.74, 6) is -0.864. The Balaban J connectivity index is 1.32. The van der Waals surface area contributed by atoms with Crippen LogP contribution in [0.1, 0.15) is 70.8 Å². The first-order valence-electron chi connectivity index (χ1n) is 14.7. The number of likely N-dealkylation sites (tertiary alicyclic amines) is 1. The molecule has 5 aliphatic rings. The lowest BCUT2D eigenvalue weighted by molar-refractivity contribution is -0.145. The SMILES string of the molecule is Cc1cccc(NC(=O)C2C3C=CC4(O3)C2C(=O)N(C2CCCCC2)C4C(=O)NC2CCCC(C)C2C)c1. The molecule has 0 radical (unpaired) electrons. The molecule has 0 aromatic heterocycles. The average molecular weight is 520 g/mol. The molecule has 1 aromatic carbocycles. The number of fused-ring (bicyclic) bond motifs is 1. The van der Waals surface area contributed by atoms with Gasteiger partial charge < -0.3 is 20.3 Å². The number of carbonyl (C=O) groups excluding carboxylic acids is 3. The molecule has 8 atom stereocenters. The summed E-state index contributed by atoms with van der Waals surface area (Å²) in [5, 5.41) is 6.39. The number of aryl methyl sites for hydroxylation is 1. The first-order valence-corrected chi connectivity index (χ1v) is 14.7. The van der Waals surface area contributed by atoms with E-state index in [2.05, 4.69) is 24.5 Å². The monoisotopic (exact) mass is 519 g/mol. The maximum absolute atomic E-state index is 14.3. The van der Waals surface area contributed by atoms with Crippen molar-refractivity contribution in [2.75, 3.05) is 5.32 Å². The summed E-state index contributed by atoms with van der Waals surface area (Å²) >= 11 is 0. The minimum absolute atomic E-state index is 0.00575. The number of anilines is 1. The summed E-state index contributed by atoms with van der Waals surface area (Å²) in [7, 11) is 0. The molecule has 7 heteroatoms. The Morgan fingerprint density at radius 3 is 2.58 bits per heavy atom. The normalized spacial score (nSPS) is 38.3. The Morgan fingerprint density at radius 1 is 1.03 bits per heavy atom. The molecular formula is C31H41N3O4. The van der Waals surface area contributed by atoms with Crippen molar-refractivity contribution in [2.24, 2.45) is 23.7 Å². The molecule has 2 aliphatic carbocycles. The molecule has 6 rings (SSSR count). The molecule has 2 saturated heterocycles. The summed E-state index contributed by atoms with van der Waals surface area (Å²) in [6.07, 6.45) is 11.6. The van der Waals surface area contributed by atoms with Crippen molar-refractivity contribution in [1.29, 1.82) is 0 Å². The van der Waals surface area contributed by atoms with Crippen molar-refractivity contribution in [3.05, 3.63) is 42.0 Å². The molecule has 2 N–H and O–H groups in total. The van der Waals surface area contributed by atoms with Gasteiger partial charge in [0.1, 0.15) is 11.6 Å². The van der Waals surface area contributed by atoms with E-state index in [1.54, 1.807) is 0 Å². The summed E-state index contributed by atoms with van der Waals surface area (Å²) in [6, 6.07) is 7.02. The third-order valence-corrected chi connectivity index (χ3v) is 10.2. The topological polar surface area (TPSA) is 87.7 Å². The molecule has 3 amide bonds. The van der Waals surface area contributed by atoms with E-state index in [1.165, 1.54) is 6.42 Å². The molecule has 2 bridgehead atoms. The van der Waals surface area contributed by atoms with Gasteiger partial charge in [0, 0.05) is 17.8 Å². The molecule has 7 nitrogen and oxygen atoms in total. The zero-order chi connectivity index (χ0) is 26.6. The number of hydrogen-bond donors (Lipinski definition) is 2. The van der Waals surface area contributed by atoms with Gasteiger partial charge in [-0.2, -0.15) is 0 Å². The summed E-state index contributed by atoms with van der Waals surface area (Å²) in [6.45, 7) is 6.46. The minimum Gasteiger partial charge on any atom is -0.359 e. The van der Waals surface area contributed by atoms with Crippen LogP contribution in [0.25, 0.3) is 0 Å². The standard InChI is InChI=1S/C31H41N3O4/c1-18-9-7-11-21(17-18)32-28(35)25-24-15-16-31(38-24)26(25)30(37)34(22-12-5-4-6-13-22)27(31)29(36)33-23-14-8-10-19(2)20(23)3/h7,9,11,15-17,19-20,22-27H,4-6,8,10,12-14H2,1-3H3,(H,32,35)(H,33,36). The van der Waals surface area contributed by atoms with E-state index in [-0.39, 0.29) is 29.8 Å². The fourth-order valence-corrected chi connectivity index (χ4v) is 7.95. The van der Waals surface area contributed by atoms with Gasteiger partial charge >= 0.3 is 0 Å². The second kappa shape index (κ2) is 9.82. The zero-order valence-corrected chi connectivity index (χ0v) is 22.8. The third-order valence-electron chi connectivity index (χ3n) is 10.2. The number of amides is 3. The van der Waals surface area contributed by atoms with Gasteiger partial charge in [0.25, 0.3) is 0 Å². The van der Waals surface area contributed by atoms with Crippen LogP contribution in [0.4, 0.5) is 5.69 Å². The number of rotatable bonds is 5. The second-order valence-corrected chi connectivity index (χ2v) is 12.5. The summed E-state index contributed by atoms with van der Waals surface area (Å²) < 4.78 is 6.55. The van der Waals surface area contributed by atoms with Gasteiger partial charge in [-0.1, -0.05) is 70.2 Å². The van der Waals surface area contributed by atoms with Gasteiger partial charge in [-0.05, 0) is 55.7 Å². The lowest BCUT2D eigenvalue weighted by atomic mass is 9.73. The molecule has 204 valence electrons. The molecule has 3 aliphatic heterocycles. The molecule has 8 unspecified atom stereocenters.